The summed E-state index contributed by atoms with van der Waals surface area (Å²) in [6, 6.07) is 0. The quantitative estimate of drug-likeness (QED) is 0.640. The summed E-state index contributed by atoms with van der Waals surface area (Å²) in [4.78, 5) is 0. The number of rotatable bonds is 7. The van der Waals surface area contributed by atoms with Crippen molar-refractivity contribution in [3.8, 4) is 0 Å². The van der Waals surface area contributed by atoms with Gasteiger partial charge in [0.1, 0.15) is 0 Å². The van der Waals surface area contributed by atoms with Crippen molar-refractivity contribution in [2.45, 2.75) is 76.9 Å². The van der Waals surface area contributed by atoms with Gasteiger partial charge in [-0.2, -0.15) is 0 Å². The van der Waals surface area contributed by atoms with Gasteiger partial charge in [-0.25, -0.2) is 0 Å². The molecule has 90 valence electrons. The SMILES string of the molecule is CCCCCC(O)CCC1CCC[C@H]1O. The summed E-state index contributed by atoms with van der Waals surface area (Å²) in [5.74, 6) is 0.464. The van der Waals surface area contributed by atoms with Gasteiger partial charge in [-0.1, -0.05) is 32.6 Å². The van der Waals surface area contributed by atoms with Crippen LogP contribution >= 0.6 is 0 Å². The molecule has 1 aliphatic carbocycles. The van der Waals surface area contributed by atoms with Crippen molar-refractivity contribution >= 4 is 0 Å². The molecule has 0 aromatic rings. The van der Waals surface area contributed by atoms with Crippen LogP contribution in [-0.4, -0.2) is 22.4 Å². The van der Waals surface area contributed by atoms with Crippen LogP contribution in [0.25, 0.3) is 0 Å². The van der Waals surface area contributed by atoms with Crippen molar-refractivity contribution in [2.75, 3.05) is 0 Å². The van der Waals surface area contributed by atoms with E-state index >= 15 is 0 Å². The Labute approximate surface area is 93.7 Å². The van der Waals surface area contributed by atoms with Gasteiger partial charge in [0.2, 0.25) is 0 Å². The van der Waals surface area contributed by atoms with Crippen LogP contribution in [-0.2, 0) is 0 Å². The molecular formula is C13H26O2. The molecule has 0 spiro atoms. The van der Waals surface area contributed by atoms with Crippen LogP contribution in [0.15, 0.2) is 0 Å². The maximum absolute atomic E-state index is 9.74. The van der Waals surface area contributed by atoms with Crippen molar-refractivity contribution in [1.82, 2.24) is 0 Å². The van der Waals surface area contributed by atoms with E-state index in [1.54, 1.807) is 0 Å². The number of unbranched alkanes of at least 4 members (excludes halogenated alkanes) is 2. The van der Waals surface area contributed by atoms with Crippen LogP contribution in [0.3, 0.4) is 0 Å². The first-order valence-electron chi connectivity index (χ1n) is 6.60. The van der Waals surface area contributed by atoms with E-state index in [0.29, 0.717) is 5.92 Å². The van der Waals surface area contributed by atoms with Gasteiger partial charge in [-0.05, 0) is 38.0 Å². The molecule has 1 aliphatic rings. The molecule has 0 saturated heterocycles. The molecule has 1 fully saturated rings. The van der Waals surface area contributed by atoms with E-state index in [4.69, 9.17) is 0 Å². The second-order valence-corrected chi connectivity index (χ2v) is 4.99. The fraction of sp³-hybridized carbons (Fsp3) is 1.00. The van der Waals surface area contributed by atoms with E-state index in [1.807, 2.05) is 0 Å². The van der Waals surface area contributed by atoms with Crippen molar-refractivity contribution in [2.24, 2.45) is 5.92 Å². The Morgan fingerprint density at radius 1 is 1.20 bits per heavy atom. The van der Waals surface area contributed by atoms with Crippen LogP contribution in [0.5, 0.6) is 0 Å². The number of hydrogen-bond acceptors (Lipinski definition) is 2. The van der Waals surface area contributed by atoms with Crippen LogP contribution in [0, 0.1) is 5.92 Å². The maximum Gasteiger partial charge on any atom is 0.0568 e. The lowest BCUT2D eigenvalue weighted by Crippen LogP contribution is -2.16. The highest BCUT2D eigenvalue weighted by molar-refractivity contribution is 4.77. The molecule has 0 heterocycles. The summed E-state index contributed by atoms with van der Waals surface area (Å²) < 4.78 is 0. The summed E-state index contributed by atoms with van der Waals surface area (Å²) in [7, 11) is 0. The first-order chi connectivity index (χ1) is 7.24. The summed E-state index contributed by atoms with van der Waals surface area (Å²) >= 11 is 0. The topological polar surface area (TPSA) is 40.5 Å². The molecule has 0 aliphatic heterocycles. The third kappa shape index (κ3) is 4.98. The zero-order chi connectivity index (χ0) is 11.1. The molecule has 2 unspecified atom stereocenters. The predicted molar refractivity (Wildman–Crippen MR) is 62.7 cm³/mol. The molecule has 0 aromatic heterocycles. The van der Waals surface area contributed by atoms with Gasteiger partial charge in [-0.3, -0.25) is 0 Å². The van der Waals surface area contributed by atoms with Crippen LogP contribution < -0.4 is 0 Å². The van der Waals surface area contributed by atoms with E-state index in [0.717, 1.165) is 44.9 Å². The maximum atomic E-state index is 9.74. The highest BCUT2D eigenvalue weighted by Crippen LogP contribution is 2.30. The third-order valence-corrected chi connectivity index (χ3v) is 3.63. The molecule has 1 saturated carbocycles. The molecule has 2 heteroatoms. The van der Waals surface area contributed by atoms with Crippen molar-refractivity contribution in [3.05, 3.63) is 0 Å². The Morgan fingerprint density at radius 2 is 2.00 bits per heavy atom. The second kappa shape index (κ2) is 7.24. The average Bonchev–Trinajstić information content (AvgIpc) is 2.61. The predicted octanol–water partition coefficient (Wildman–Crippen LogP) is 2.87. The molecule has 2 nitrogen and oxygen atoms in total. The number of aliphatic hydroxyl groups excluding tert-OH is 2. The molecule has 0 amide bonds. The molecule has 2 N–H and O–H groups in total. The molecule has 3 atom stereocenters. The standard InChI is InChI=1S/C13H26O2/c1-2-3-4-7-12(14)10-9-11-6-5-8-13(11)15/h11-15H,2-10H2,1H3/t11?,12?,13-/m1/s1. The van der Waals surface area contributed by atoms with E-state index in [-0.39, 0.29) is 12.2 Å². The van der Waals surface area contributed by atoms with Gasteiger partial charge in [0.25, 0.3) is 0 Å². The third-order valence-electron chi connectivity index (χ3n) is 3.63. The molecule has 0 radical (unpaired) electrons. The molecule has 0 aromatic carbocycles. The van der Waals surface area contributed by atoms with Gasteiger partial charge in [0.05, 0.1) is 12.2 Å². The van der Waals surface area contributed by atoms with Gasteiger partial charge in [0.15, 0.2) is 0 Å². The van der Waals surface area contributed by atoms with Gasteiger partial charge in [0, 0.05) is 0 Å². The average molecular weight is 214 g/mol. The first-order valence-corrected chi connectivity index (χ1v) is 6.60. The molecule has 15 heavy (non-hydrogen) atoms. The lowest BCUT2D eigenvalue weighted by molar-refractivity contribution is 0.101. The van der Waals surface area contributed by atoms with Gasteiger partial charge < -0.3 is 10.2 Å². The first kappa shape index (κ1) is 13.0. The van der Waals surface area contributed by atoms with Crippen LogP contribution in [0.4, 0.5) is 0 Å². The minimum Gasteiger partial charge on any atom is -0.393 e. The highest BCUT2D eigenvalue weighted by Gasteiger charge is 2.25. The Morgan fingerprint density at radius 3 is 2.60 bits per heavy atom. The Kier molecular flexibility index (Phi) is 6.26. The summed E-state index contributed by atoms with van der Waals surface area (Å²) in [5.41, 5.74) is 0. The fourth-order valence-electron chi connectivity index (χ4n) is 2.53. The lowest BCUT2D eigenvalue weighted by atomic mass is 9.96. The van der Waals surface area contributed by atoms with Crippen LogP contribution in [0.1, 0.15) is 64.7 Å². The van der Waals surface area contributed by atoms with E-state index < -0.39 is 0 Å². The molecular weight excluding hydrogens is 188 g/mol. The smallest absolute Gasteiger partial charge is 0.0568 e. The zero-order valence-corrected chi connectivity index (χ0v) is 9.99. The Bertz CT molecular complexity index is 159. The van der Waals surface area contributed by atoms with E-state index in [2.05, 4.69) is 6.92 Å². The number of aliphatic hydroxyl groups is 2. The van der Waals surface area contributed by atoms with Crippen molar-refractivity contribution < 1.29 is 10.2 Å². The molecule has 0 bridgehead atoms. The zero-order valence-electron chi connectivity index (χ0n) is 9.99. The largest absolute Gasteiger partial charge is 0.393 e. The van der Waals surface area contributed by atoms with Crippen molar-refractivity contribution in [1.29, 1.82) is 0 Å². The normalized spacial score (nSPS) is 28.2. The summed E-state index contributed by atoms with van der Waals surface area (Å²) in [6.07, 6.45) is 9.48. The second-order valence-electron chi connectivity index (χ2n) is 4.99. The highest BCUT2D eigenvalue weighted by atomic mass is 16.3. The summed E-state index contributed by atoms with van der Waals surface area (Å²) in [6.45, 7) is 2.18. The monoisotopic (exact) mass is 214 g/mol. The van der Waals surface area contributed by atoms with E-state index in [1.165, 1.54) is 12.8 Å². The van der Waals surface area contributed by atoms with Crippen LogP contribution in [0.2, 0.25) is 0 Å². The number of hydrogen-bond donors (Lipinski definition) is 2. The molecule has 1 rings (SSSR count). The lowest BCUT2D eigenvalue weighted by Gasteiger charge is -2.16. The Balaban J connectivity index is 2.03. The minimum atomic E-state index is -0.135. The summed E-state index contributed by atoms with van der Waals surface area (Å²) in [5, 5.41) is 19.4. The van der Waals surface area contributed by atoms with Gasteiger partial charge in [-0.15, -0.1) is 0 Å². The van der Waals surface area contributed by atoms with Crippen molar-refractivity contribution in [3.63, 3.8) is 0 Å². The fourth-order valence-corrected chi connectivity index (χ4v) is 2.53. The van der Waals surface area contributed by atoms with Gasteiger partial charge >= 0.3 is 0 Å². The van der Waals surface area contributed by atoms with E-state index in [9.17, 15) is 10.2 Å². The Hall–Kier alpha value is -0.0800. The minimum absolute atomic E-state index is 0.0900.